The first-order valence-corrected chi connectivity index (χ1v) is 8.59. The molecule has 0 spiro atoms. The van der Waals surface area contributed by atoms with Gasteiger partial charge in [0.2, 0.25) is 0 Å². The van der Waals surface area contributed by atoms with Gasteiger partial charge in [0, 0.05) is 22.9 Å². The number of nitrogens with one attached hydrogen (secondary N) is 1. The second-order valence-corrected chi connectivity index (χ2v) is 7.10. The largest absolute Gasteiger partial charge is 0.387 e. The van der Waals surface area contributed by atoms with Gasteiger partial charge in [-0.15, -0.1) is 0 Å². The average Bonchev–Trinajstić information content (AvgIpc) is 2.55. The van der Waals surface area contributed by atoms with E-state index in [4.69, 9.17) is 5.26 Å². The number of anilines is 1. The molecule has 2 unspecified atom stereocenters. The van der Waals surface area contributed by atoms with Crippen molar-refractivity contribution in [3.05, 3.63) is 36.0 Å². The number of hydrogen-bond acceptors (Lipinski definition) is 5. The number of fused-ring (bicyclic) bond motifs is 1. The molecule has 0 bridgehead atoms. The zero-order valence-corrected chi connectivity index (χ0v) is 13.4. The summed E-state index contributed by atoms with van der Waals surface area (Å²) >= 11 is 1.82. The number of benzene rings is 1. The number of aromatic nitrogens is 1. The Labute approximate surface area is 134 Å². The SMILES string of the molecule is CCSC1CCC1(O)CNc1cc(C#N)nc2ccccc12. The van der Waals surface area contributed by atoms with Crippen LogP contribution in [0.1, 0.15) is 25.5 Å². The standard InChI is InChI=1S/C17H19N3OS/c1-2-22-16-7-8-17(16,21)11-19-15-9-12(10-18)20-14-6-4-3-5-13(14)15/h3-6,9,16,21H,2,7-8,11H2,1H3,(H,19,20). The zero-order valence-electron chi connectivity index (χ0n) is 12.5. The first-order valence-electron chi connectivity index (χ1n) is 7.54. The Morgan fingerprint density at radius 3 is 3.00 bits per heavy atom. The quantitative estimate of drug-likeness (QED) is 0.887. The molecule has 2 N–H and O–H groups in total. The van der Waals surface area contributed by atoms with Gasteiger partial charge in [-0.05, 0) is 30.7 Å². The molecule has 22 heavy (non-hydrogen) atoms. The van der Waals surface area contributed by atoms with Crippen LogP contribution in [0.2, 0.25) is 0 Å². The van der Waals surface area contributed by atoms with Crippen LogP contribution in [-0.2, 0) is 0 Å². The van der Waals surface area contributed by atoms with Gasteiger partial charge in [-0.3, -0.25) is 0 Å². The van der Waals surface area contributed by atoms with Gasteiger partial charge < -0.3 is 10.4 Å². The molecule has 0 aliphatic heterocycles. The highest BCUT2D eigenvalue weighted by Gasteiger charge is 2.44. The average molecular weight is 313 g/mol. The summed E-state index contributed by atoms with van der Waals surface area (Å²) < 4.78 is 0. The van der Waals surface area contributed by atoms with E-state index in [0.29, 0.717) is 17.5 Å². The summed E-state index contributed by atoms with van der Waals surface area (Å²) in [5, 5.41) is 24.4. The number of rotatable bonds is 5. The Balaban J connectivity index is 1.83. The molecule has 0 saturated heterocycles. The van der Waals surface area contributed by atoms with E-state index >= 15 is 0 Å². The van der Waals surface area contributed by atoms with Crippen molar-refractivity contribution >= 4 is 28.4 Å². The molecule has 0 amide bonds. The lowest BCUT2D eigenvalue weighted by Gasteiger charge is -2.45. The summed E-state index contributed by atoms with van der Waals surface area (Å²) in [7, 11) is 0. The van der Waals surface area contributed by atoms with Gasteiger partial charge in [-0.1, -0.05) is 25.1 Å². The maximum absolute atomic E-state index is 10.7. The van der Waals surface area contributed by atoms with E-state index in [1.54, 1.807) is 6.07 Å². The number of pyridine rings is 1. The van der Waals surface area contributed by atoms with Crippen LogP contribution >= 0.6 is 11.8 Å². The van der Waals surface area contributed by atoms with Crippen LogP contribution in [-0.4, -0.2) is 33.2 Å². The first-order chi connectivity index (χ1) is 10.7. The molecule has 5 heteroatoms. The Bertz CT molecular complexity index is 727. The van der Waals surface area contributed by atoms with Crippen LogP contribution in [0.25, 0.3) is 10.9 Å². The summed E-state index contributed by atoms with van der Waals surface area (Å²) in [5.41, 5.74) is 1.39. The second-order valence-electron chi connectivity index (χ2n) is 5.62. The van der Waals surface area contributed by atoms with Gasteiger partial charge in [-0.25, -0.2) is 4.98 Å². The molecular weight excluding hydrogens is 294 g/mol. The molecule has 1 fully saturated rings. The van der Waals surface area contributed by atoms with E-state index in [1.165, 1.54) is 0 Å². The van der Waals surface area contributed by atoms with Crippen LogP contribution in [0.4, 0.5) is 5.69 Å². The topological polar surface area (TPSA) is 68.9 Å². The summed E-state index contributed by atoms with van der Waals surface area (Å²) in [6, 6.07) is 11.6. The number of hydrogen-bond donors (Lipinski definition) is 2. The molecule has 114 valence electrons. The van der Waals surface area contributed by atoms with Crippen molar-refractivity contribution < 1.29 is 5.11 Å². The van der Waals surface area contributed by atoms with E-state index < -0.39 is 5.60 Å². The fourth-order valence-corrected chi connectivity index (χ4v) is 4.06. The van der Waals surface area contributed by atoms with E-state index in [1.807, 2.05) is 36.0 Å². The van der Waals surface area contributed by atoms with Crippen LogP contribution in [0, 0.1) is 11.3 Å². The smallest absolute Gasteiger partial charge is 0.143 e. The monoisotopic (exact) mass is 313 g/mol. The molecule has 1 saturated carbocycles. The minimum absolute atomic E-state index is 0.300. The predicted molar refractivity (Wildman–Crippen MR) is 91.1 cm³/mol. The first kappa shape index (κ1) is 15.1. The maximum Gasteiger partial charge on any atom is 0.143 e. The van der Waals surface area contributed by atoms with Gasteiger partial charge in [0.25, 0.3) is 0 Å². The minimum Gasteiger partial charge on any atom is -0.387 e. The van der Waals surface area contributed by atoms with Crippen LogP contribution in [0.5, 0.6) is 0 Å². The minimum atomic E-state index is -0.655. The molecule has 0 radical (unpaired) electrons. The van der Waals surface area contributed by atoms with Crippen molar-refractivity contribution in [1.82, 2.24) is 4.98 Å². The lowest BCUT2D eigenvalue weighted by molar-refractivity contribution is -0.0119. The predicted octanol–water partition coefficient (Wildman–Crippen LogP) is 3.16. The summed E-state index contributed by atoms with van der Waals surface area (Å²) in [6.07, 6.45) is 1.89. The van der Waals surface area contributed by atoms with Gasteiger partial charge >= 0.3 is 0 Å². The fraction of sp³-hybridized carbons (Fsp3) is 0.412. The summed E-state index contributed by atoms with van der Waals surface area (Å²) in [4.78, 5) is 4.31. The number of thioether (sulfide) groups is 1. The Morgan fingerprint density at radius 1 is 1.50 bits per heavy atom. The van der Waals surface area contributed by atoms with Crippen molar-refractivity contribution in [2.24, 2.45) is 0 Å². The van der Waals surface area contributed by atoms with Crippen molar-refractivity contribution in [2.75, 3.05) is 17.6 Å². The van der Waals surface area contributed by atoms with Crippen molar-refractivity contribution in [2.45, 2.75) is 30.6 Å². The van der Waals surface area contributed by atoms with Gasteiger partial charge in [0.05, 0.1) is 11.1 Å². The number of aliphatic hydroxyl groups is 1. The lowest BCUT2D eigenvalue weighted by Crippen LogP contribution is -2.54. The lowest BCUT2D eigenvalue weighted by atomic mass is 9.79. The molecule has 2 aromatic rings. The highest BCUT2D eigenvalue weighted by atomic mass is 32.2. The molecule has 3 rings (SSSR count). The Kier molecular flexibility index (Phi) is 4.23. The number of para-hydroxylation sites is 1. The third-order valence-corrected chi connectivity index (χ3v) is 5.63. The maximum atomic E-state index is 10.7. The van der Waals surface area contributed by atoms with Gasteiger partial charge in [-0.2, -0.15) is 17.0 Å². The summed E-state index contributed by atoms with van der Waals surface area (Å²) in [6.45, 7) is 2.62. The van der Waals surface area contributed by atoms with E-state index in [-0.39, 0.29) is 0 Å². The van der Waals surface area contributed by atoms with Crippen LogP contribution < -0.4 is 5.32 Å². The number of nitrogens with zero attached hydrogens (tertiary/aromatic N) is 2. The van der Waals surface area contributed by atoms with E-state index in [0.717, 1.165) is 35.2 Å². The molecule has 2 atom stereocenters. The Hall–Kier alpha value is -1.77. The molecule has 1 heterocycles. The summed E-state index contributed by atoms with van der Waals surface area (Å²) in [5.74, 6) is 1.02. The highest BCUT2D eigenvalue weighted by Crippen LogP contribution is 2.41. The Morgan fingerprint density at radius 2 is 2.32 bits per heavy atom. The van der Waals surface area contributed by atoms with Crippen molar-refractivity contribution in [1.29, 1.82) is 5.26 Å². The molecule has 4 nitrogen and oxygen atoms in total. The van der Waals surface area contributed by atoms with Crippen molar-refractivity contribution in [3.8, 4) is 6.07 Å². The van der Waals surface area contributed by atoms with Crippen molar-refractivity contribution in [3.63, 3.8) is 0 Å². The van der Waals surface area contributed by atoms with Gasteiger partial charge in [0.1, 0.15) is 11.8 Å². The third kappa shape index (κ3) is 2.77. The number of nitriles is 1. The second kappa shape index (κ2) is 6.15. The van der Waals surface area contributed by atoms with Gasteiger partial charge in [0.15, 0.2) is 0 Å². The van der Waals surface area contributed by atoms with E-state index in [2.05, 4.69) is 23.3 Å². The van der Waals surface area contributed by atoms with Crippen LogP contribution in [0.3, 0.4) is 0 Å². The zero-order chi connectivity index (χ0) is 15.6. The van der Waals surface area contributed by atoms with Crippen LogP contribution in [0.15, 0.2) is 30.3 Å². The molecule has 1 aromatic carbocycles. The normalized spacial score (nSPS) is 23.8. The molecule has 1 aliphatic rings. The van der Waals surface area contributed by atoms with E-state index in [9.17, 15) is 5.11 Å². The fourth-order valence-electron chi connectivity index (χ4n) is 2.86. The third-order valence-electron chi connectivity index (χ3n) is 4.22. The molecule has 1 aromatic heterocycles. The molecule has 1 aliphatic carbocycles. The molecular formula is C17H19N3OS. The highest BCUT2D eigenvalue weighted by molar-refractivity contribution is 8.00.